The van der Waals surface area contributed by atoms with E-state index in [0.29, 0.717) is 11.8 Å². The molecule has 1 heterocycles. The minimum Gasteiger partial charge on any atom is -1.00 e. The first-order valence-electron chi connectivity index (χ1n) is 4.96. The predicted octanol–water partition coefficient (Wildman–Crippen LogP) is -0.590. The number of benzene rings is 1. The highest BCUT2D eigenvalue weighted by molar-refractivity contribution is 6.18. The molecule has 0 atom stereocenters. The van der Waals surface area contributed by atoms with Crippen LogP contribution in [0.15, 0.2) is 30.6 Å². The summed E-state index contributed by atoms with van der Waals surface area (Å²) in [6, 6.07) is 8.29. The second kappa shape index (κ2) is 6.48. The SMILES string of the molecule is ClCCn1c[n+](CCCl)c2ccccc21.[Br-]. The van der Waals surface area contributed by atoms with Crippen molar-refractivity contribution in [2.24, 2.45) is 0 Å². The van der Waals surface area contributed by atoms with Gasteiger partial charge >= 0.3 is 0 Å². The lowest BCUT2D eigenvalue weighted by Crippen LogP contribution is -3.00. The van der Waals surface area contributed by atoms with Crippen LogP contribution >= 0.6 is 23.2 Å². The average molecular weight is 324 g/mol. The number of aromatic nitrogens is 2. The van der Waals surface area contributed by atoms with Crippen molar-refractivity contribution in [2.75, 3.05) is 11.8 Å². The second-order valence-corrected chi connectivity index (χ2v) is 4.12. The Morgan fingerprint density at radius 1 is 1.12 bits per heavy atom. The van der Waals surface area contributed by atoms with Crippen molar-refractivity contribution in [3.8, 4) is 0 Å². The van der Waals surface area contributed by atoms with E-state index in [9.17, 15) is 0 Å². The molecule has 0 N–H and O–H groups in total. The van der Waals surface area contributed by atoms with Gasteiger partial charge in [0.2, 0.25) is 6.33 Å². The standard InChI is InChI=1S/C11H13Cl2N2.BrH/c12-5-7-14-9-15(8-6-13)11-4-2-1-3-10(11)14;/h1-4,9H,5-8H2;1H/q+1;/p-1. The summed E-state index contributed by atoms with van der Waals surface area (Å²) in [6.07, 6.45) is 2.08. The lowest BCUT2D eigenvalue weighted by molar-refractivity contribution is -0.667. The van der Waals surface area contributed by atoms with E-state index in [2.05, 4.69) is 27.6 Å². The van der Waals surface area contributed by atoms with E-state index >= 15 is 0 Å². The quantitative estimate of drug-likeness (QED) is 0.525. The van der Waals surface area contributed by atoms with Gasteiger partial charge in [-0.3, -0.25) is 0 Å². The summed E-state index contributed by atoms with van der Waals surface area (Å²) in [7, 11) is 0. The molecule has 1 aromatic carbocycles. The van der Waals surface area contributed by atoms with Gasteiger partial charge in [-0.25, -0.2) is 9.13 Å². The molecule has 88 valence electrons. The second-order valence-electron chi connectivity index (χ2n) is 3.37. The van der Waals surface area contributed by atoms with Crippen LogP contribution in [0, 0.1) is 0 Å². The number of fused-ring (bicyclic) bond motifs is 1. The molecule has 0 spiro atoms. The molecular weight excluding hydrogens is 311 g/mol. The van der Waals surface area contributed by atoms with Crippen molar-refractivity contribution >= 4 is 34.2 Å². The lowest BCUT2D eigenvalue weighted by atomic mass is 10.3. The van der Waals surface area contributed by atoms with Crippen LogP contribution < -0.4 is 21.5 Å². The van der Waals surface area contributed by atoms with Gasteiger partial charge in [0.25, 0.3) is 0 Å². The van der Waals surface area contributed by atoms with Gasteiger partial charge in [-0.1, -0.05) is 12.1 Å². The van der Waals surface area contributed by atoms with E-state index in [4.69, 9.17) is 23.2 Å². The van der Waals surface area contributed by atoms with Gasteiger partial charge in [0.15, 0.2) is 11.0 Å². The van der Waals surface area contributed by atoms with E-state index in [-0.39, 0.29) is 17.0 Å². The third-order valence-electron chi connectivity index (χ3n) is 2.43. The Kier molecular flexibility index (Phi) is 5.59. The zero-order valence-electron chi connectivity index (χ0n) is 8.74. The Labute approximate surface area is 116 Å². The smallest absolute Gasteiger partial charge is 0.244 e. The van der Waals surface area contributed by atoms with Crippen molar-refractivity contribution in [3.63, 3.8) is 0 Å². The van der Waals surface area contributed by atoms with Gasteiger partial charge in [-0.2, -0.15) is 0 Å². The van der Waals surface area contributed by atoms with E-state index < -0.39 is 0 Å². The van der Waals surface area contributed by atoms with E-state index in [1.807, 2.05) is 12.1 Å². The van der Waals surface area contributed by atoms with Gasteiger partial charge in [0.05, 0.1) is 11.8 Å². The zero-order valence-corrected chi connectivity index (χ0v) is 11.8. The summed E-state index contributed by atoms with van der Waals surface area (Å²) in [5.41, 5.74) is 2.42. The van der Waals surface area contributed by atoms with Crippen LogP contribution in [0.1, 0.15) is 0 Å². The highest BCUT2D eigenvalue weighted by atomic mass is 79.9. The monoisotopic (exact) mass is 322 g/mol. The highest BCUT2D eigenvalue weighted by Gasteiger charge is 2.13. The highest BCUT2D eigenvalue weighted by Crippen LogP contribution is 2.10. The van der Waals surface area contributed by atoms with Crippen molar-refractivity contribution in [3.05, 3.63) is 30.6 Å². The molecule has 0 radical (unpaired) electrons. The molecule has 0 aliphatic carbocycles. The number of para-hydroxylation sites is 2. The lowest BCUT2D eigenvalue weighted by Gasteiger charge is -1.91. The Hall–Kier alpha value is -0.250. The van der Waals surface area contributed by atoms with Gasteiger partial charge in [0, 0.05) is 0 Å². The third-order valence-corrected chi connectivity index (χ3v) is 2.77. The van der Waals surface area contributed by atoms with E-state index in [0.717, 1.165) is 13.1 Å². The Balaban J connectivity index is 0.00000128. The normalized spacial score (nSPS) is 10.4. The Morgan fingerprint density at radius 2 is 1.88 bits per heavy atom. The number of alkyl halides is 2. The molecule has 16 heavy (non-hydrogen) atoms. The maximum atomic E-state index is 5.77. The molecule has 0 aliphatic heterocycles. The molecule has 0 unspecified atom stereocenters. The molecule has 1 aromatic heterocycles. The average Bonchev–Trinajstić information content (AvgIpc) is 2.59. The van der Waals surface area contributed by atoms with Crippen molar-refractivity contribution in [1.29, 1.82) is 0 Å². The third kappa shape index (κ3) is 2.70. The van der Waals surface area contributed by atoms with E-state index in [1.165, 1.54) is 11.0 Å². The Bertz CT molecular complexity index is 416. The zero-order chi connectivity index (χ0) is 10.7. The number of rotatable bonds is 4. The summed E-state index contributed by atoms with van der Waals surface area (Å²) in [6.45, 7) is 1.66. The summed E-state index contributed by atoms with van der Waals surface area (Å²) in [5.74, 6) is 1.25. The number of hydrogen-bond donors (Lipinski definition) is 0. The molecule has 5 heteroatoms. The number of halogens is 3. The fraction of sp³-hybridized carbons (Fsp3) is 0.364. The summed E-state index contributed by atoms with van der Waals surface area (Å²) in [5, 5.41) is 0. The molecule has 0 bridgehead atoms. The first-order valence-corrected chi connectivity index (χ1v) is 6.03. The van der Waals surface area contributed by atoms with E-state index in [1.54, 1.807) is 0 Å². The minimum absolute atomic E-state index is 0. The molecule has 0 saturated heterocycles. The van der Waals surface area contributed by atoms with Crippen LogP contribution in [0.5, 0.6) is 0 Å². The van der Waals surface area contributed by atoms with Crippen LogP contribution in [-0.2, 0) is 13.1 Å². The van der Waals surface area contributed by atoms with Gasteiger partial charge in [0.1, 0.15) is 13.1 Å². The fourth-order valence-electron chi connectivity index (χ4n) is 1.78. The summed E-state index contributed by atoms with van der Waals surface area (Å²) >= 11 is 11.5. The number of aryl methyl sites for hydroxylation is 2. The molecule has 2 nitrogen and oxygen atoms in total. The molecule has 0 aliphatic rings. The molecule has 0 fully saturated rings. The fourth-order valence-corrected chi connectivity index (χ4v) is 2.15. The maximum Gasteiger partial charge on any atom is 0.244 e. The minimum atomic E-state index is 0. The van der Waals surface area contributed by atoms with Crippen molar-refractivity contribution in [1.82, 2.24) is 4.57 Å². The molecule has 2 rings (SSSR count). The predicted molar refractivity (Wildman–Crippen MR) is 63.6 cm³/mol. The van der Waals surface area contributed by atoms with Crippen molar-refractivity contribution in [2.45, 2.75) is 13.1 Å². The van der Waals surface area contributed by atoms with Crippen LogP contribution in [0.2, 0.25) is 0 Å². The molecule has 0 amide bonds. The molecule has 2 aromatic rings. The number of nitrogens with zero attached hydrogens (tertiary/aromatic N) is 2. The summed E-state index contributed by atoms with van der Waals surface area (Å²) < 4.78 is 4.32. The molecule has 0 saturated carbocycles. The van der Waals surface area contributed by atoms with Crippen LogP contribution in [0.4, 0.5) is 0 Å². The van der Waals surface area contributed by atoms with Crippen LogP contribution in [0.3, 0.4) is 0 Å². The van der Waals surface area contributed by atoms with Crippen LogP contribution in [-0.4, -0.2) is 16.3 Å². The van der Waals surface area contributed by atoms with Crippen LogP contribution in [0.25, 0.3) is 11.0 Å². The first-order chi connectivity index (χ1) is 7.36. The van der Waals surface area contributed by atoms with Crippen molar-refractivity contribution < 1.29 is 21.5 Å². The topological polar surface area (TPSA) is 8.81 Å². The maximum absolute atomic E-state index is 5.77. The first kappa shape index (κ1) is 13.8. The number of hydrogen-bond acceptors (Lipinski definition) is 0. The number of imidazole rings is 1. The largest absolute Gasteiger partial charge is 1.00 e. The van der Waals surface area contributed by atoms with Gasteiger partial charge < -0.3 is 17.0 Å². The van der Waals surface area contributed by atoms with Gasteiger partial charge in [-0.05, 0) is 12.1 Å². The Morgan fingerprint density at radius 3 is 2.56 bits per heavy atom. The summed E-state index contributed by atoms with van der Waals surface area (Å²) in [4.78, 5) is 0. The molecular formula is C11H13BrCl2N2. The van der Waals surface area contributed by atoms with Gasteiger partial charge in [-0.15, -0.1) is 23.2 Å².